The summed E-state index contributed by atoms with van der Waals surface area (Å²) in [5, 5.41) is 1.92. The van der Waals surface area contributed by atoms with Crippen molar-refractivity contribution < 1.29 is 8.83 Å². The van der Waals surface area contributed by atoms with Gasteiger partial charge in [0, 0.05) is 5.92 Å². The fraction of sp³-hybridized carbons (Fsp3) is 0.435. The molecule has 0 aromatic carbocycles. The van der Waals surface area contributed by atoms with Crippen molar-refractivity contribution in [1.29, 1.82) is 0 Å². The summed E-state index contributed by atoms with van der Waals surface area (Å²) in [7, 11) is -1.07. The van der Waals surface area contributed by atoms with Crippen LogP contribution in [0.3, 0.4) is 0 Å². The van der Waals surface area contributed by atoms with E-state index in [-0.39, 0.29) is 18.2 Å². The molecule has 145 valence electrons. The first kappa shape index (κ1) is 20.6. The van der Waals surface area contributed by atoms with Crippen LogP contribution < -0.4 is 11.0 Å². The van der Waals surface area contributed by atoms with Crippen LogP contribution in [0.2, 0.25) is 0 Å². The number of hydrogen-bond acceptors (Lipinski definition) is 2. The molecule has 0 amide bonds. The van der Waals surface area contributed by atoms with Crippen LogP contribution in [0.5, 0.6) is 0 Å². The van der Waals surface area contributed by atoms with Crippen molar-refractivity contribution in [3.8, 4) is 0 Å². The summed E-state index contributed by atoms with van der Waals surface area (Å²) in [4.78, 5) is 0. The van der Waals surface area contributed by atoms with Gasteiger partial charge in [-0.2, -0.15) is 0 Å². The van der Waals surface area contributed by atoms with Crippen LogP contribution in [0, 0.1) is 5.92 Å². The van der Waals surface area contributed by atoms with Crippen molar-refractivity contribution >= 4 is 26.8 Å². The highest BCUT2D eigenvalue weighted by Crippen LogP contribution is 2.67. The van der Waals surface area contributed by atoms with E-state index >= 15 is 0 Å². The van der Waals surface area contributed by atoms with Crippen LogP contribution in [0.15, 0.2) is 69.2 Å². The molecule has 0 spiro atoms. The van der Waals surface area contributed by atoms with Gasteiger partial charge in [0.25, 0.3) is 0 Å². The van der Waals surface area contributed by atoms with Crippen LogP contribution in [0.1, 0.15) is 48.5 Å². The van der Waals surface area contributed by atoms with Crippen LogP contribution in [0.4, 0.5) is 0 Å². The molecule has 0 aliphatic heterocycles. The number of rotatable bonds is 5. The molecule has 27 heavy (non-hydrogen) atoms. The van der Waals surface area contributed by atoms with E-state index in [9.17, 15) is 0 Å². The van der Waals surface area contributed by atoms with Gasteiger partial charge in [0.2, 0.25) is 0 Å². The molecular weight excluding hydrogens is 370 g/mol. The lowest BCUT2D eigenvalue weighted by molar-refractivity contribution is 0.593. The van der Waals surface area contributed by atoms with Gasteiger partial charge in [-0.15, -0.1) is 0 Å². The summed E-state index contributed by atoms with van der Waals surface area (Å²) in [6.45, 7) is 16.8. The lowest BCUT2D eigenvalue weighted by atomic mass is 10.1. The molecule has 2 aromatic rings. The van der Waals surface area contributed by atoms with Crippen molar-refractivity contribution in [3.63, 3.8) is 0 Å². The third kappa shape index (κ3) is 4.33. The normalized spacial score (nSPS) is 17.1. The molecular formula is C23H31O2P2. The Balaban J connectivity index is 1.99. The topological polar surface area (TPSA) is 26.3 Å². The summed E-state index contributed by atoms with van der Waals surface area (Å²) in [5.41, 5.74) is 2.49. The number of allylic oxidation sites excluding steroid dienone is 4. The average molecular weight is 401 g/mol. The van der Waals surface area contributed by atoms with Crippen molar-refractivity contribution in [2.75, 3.05) is 0 Å². The van der Waals surface area contributed by atoms with Gasteiger partial charge in [-0.05, 0) is 45.6 Å². The van der Waals surface area contributed by atoms with Gasteiger partial charge in [0.05, 0.1) is 20.4 Å². The first-order valence-electron chi connectivity index (χ1n) is 9.53. The van der Waals surface area contributed by atoms with Gasteiger partial charge in [0.1, 0.15) is 11.0 Å². The maximum Gasteiger partial charge on any atom is 0.137 e. The predicted octanol–water partition coefficient (Wildman–Crippen LogP) is 6.80. The van der Waals surface area contributed by atoms with Crippen LogP contribution in [-0.4, -0.2) is 16.0 Å². The van der Waals surface area contributed by atoms with Gasteiger partial charge < -0.3 is 8.83 Å². The lowest BCUT2D eigenvalue weighted by Gasteiger charge is -2.47. The fourth-order valence-corrected chi connectivity index (χ4v) is 11.6. The smallest absolute Gasteiger partial charge is 0.137 e. The van der Waals surface area contributed by atoms with E-state index in [2.05, 4.69) is 78.8 Å². The maximum absolute atomic E-state index is 5.85. The quantitative estimate of drug-likeness (QED) is 0.515. The average Bonchev–Trinajstić information content (AvgIpc) is 3.28. The highest BCUT2D eigenvalue weighted by Gasteiger charge is 2.43. The number of furan rings is 2. The molecule has 0 N–H and O–H groups in total. The van der Waals surface area contributed by atoms with Crippen molar-refractivity contribution in [3.05, 3.63) is 66.3 Å². The molecule has 0 saturated heterocycles. The molecule has 0 unspecified atom stereocenters. The Labute approximate surface area is 166 Å². The molecule has 1 aliphatic carbocycles. The van der Waals surface area contributed by atoms with Crippen LogP contribution >= 0.6 is 15.8 Å². The van der Waals surface area contributed by atoms with Gasteiger partial charge in [0.15, 0.2) is 0 Å². The molecule has 2 aromatic heterocycles. The second kappa shape index (κ2) is 7.73. The zero-order chi connectivity index (χ0) is 19.8. The summed E-state index contributed by atoms with van der Waals surface area (Å²) >= 11 is 0. The zero-order valence-corrected chi connectivity index (χ0v) is 19.3. The fourth-order valence-electron chi connectivity index (χ4n) is 4.43. The minimum atomic E-state index is -0.808. The molecule has 1 aliphatic rings. The van der Waals surface area contributed by atoms with E-state index in [1.165, 1.54) is 11.2 Å². The molecule has 2 heterocycles. The molecule has 0 bridgehead atoms. The Hall–Kier alpha value is -1.10. The Kier molecular flexibility index (Phi) is 5.90. The minimum absolute atomic E-state index is 0.261. The minimum Gasteiger partial charge on any atom is -0.464 e. The number of hydrogen-bond donors (Lipinski definition) is 0. The van der Waals surface area contributed by atoms with E-state index < -0.39 is 7.92 Å². The van der Waals surface area contributed by atoms with E-state index in [1.54, 1.807) is 12.5 Å². The van der Waals surface area contributed by atoms with E-state index in [0.29, 0.717) is 5.66 Å². The first-order valence-corrected chi connectivity index (χ1v) is 12.3. The second-order valence-electron chi connectivity index (χ2n) is 8.99. The molecule has 0 fully saturated rings. The third-order valence-corrected chi connectivity index (χ3v) is 11.0. The van der Waals surface area contributed by atoms with E-state index in [1.807, 2.05) is 12.1 Å². The van der Waals surface area contributed by atoms with Gasteiger partial charge in [-0.3, -0.25) is 0 Å². The summed E-state index contributed by atoms with van der Waals surface area (Å²) in [5.74, 6) is 1.45. The van der Waals surface area contributed by atoms with Gasteiger partial charge >= 0.3 is 0 Å². The van der Waals surface area contributed by atoms with Gasteiger partial charge in [-0.25, -0.2) is 0 Å². The molecule has 2 nitrogen and oxygen atoms in total. The van der Waals surface area contributed by atoms with E-state index in [0.717, 1.165) is 11.0 Å². The zero-order valence-electron chi connectivity index (χ0n) is 17.5. The predicted molar refractivity (Wildman–Crippen MR) is 120 cm³/mol. The van der Waals surface area contributed by atoms with Crippen molar-refractivity contribution in [1.82, 2.24) is 0 Å². The van der Waals surface area contributed by atoms with Gasteiger partial charge in [-0.1, -0.05) is 74.6 Å². The second-order valence-corrected chi connectivity index (χ2v) is 15.2. The molecule has 1 atom stereocenters. The highest BCUT2D eigenvalue weighted by atomic mass is 31.1. The standard InChI is InChI=1S/C23H31O2P2/c1-17(27(22(2,3)4)23(5,6)7)18-11-8-12-19(18)26(20-13-9-15-24-20)21-14-10-16-25-21/h8-17H,1-7H3/t17-/m1/s1. The summed E-state index contributed by atoms with van der Waals surface area (Å²) < 4.78 is 11.7. The van der Waals surface area contributed by atoms with Crippen molar-refractivity contribution in [2.45, 2.75) is 64.4 Å². The largest absolute Gasteiger partial charge is 0.464 e. The van der Waals surface area contributed by atoms with Crippen LogP contribution in [0.25, 0.3) is 0 Å². The lowest BCUT2D eigenvalue weighted by Crippen LogP contribution is -2.33. The monoisotopic (exact) mass is 401 g/mol. The first-order chi connectivity index (χ1) is 12.6. The summed E-state index contributed by atoms with van der Waals surface area (Å²) in [6.07, 6.45) is 10.3. The molecule has 4 heteroatoms. The Bertz CT molecular complexity index is 738. The molecule has 3 rings (SSSR count). The summed E-state index contributed by atoms with van der Waals surface area (Å²) in [6, 6.07) is 8.09. The highest BCUT2D eigenvalue weighted by molar-refractivity contribution is 7.76. The van der Waals surface area contributed by atoms with E-state index in [4.69, 9.17) is 8.83 Å². The Morgan fingerprint density at radius 2 is 1.37 bits per heavy atom. The Morgan fingerprint density at radius 1 is 0.852 bits per heavy atom. The third-order valence-electron chi connectivity index (χ3n) is 4.80. The van der Waals surface area contributed by atoms with Crippen molar-refractivity contribution in [2.24, 2.45) is 0 Å². The SMILES string of the molecule is C[C@H]([C]1C=CC=C1P(c1ccco1)c1ccco1)P(C(C)(C)C)C(C)(C)C. The molecule has 1 radical (unpaired) electrons. The molecule has 0 saturated carbocycles. The Morgan fingerprint density at radius 3 is 1.78 bits per heavy atom. The maximum atomic E-state index is 5.85. The van der Waals surface area contributed by atoms with Crippen LogP contribution in [-0.2, 0) is 0 Å².